The van der Waals surface area contributed by atoms with Crippen molar-refractivity contribution in [2.75, 3.05) is 26.3 Å². The maximum Gasteiger partial charge on any atom is 0.219 e. The Balaban J connectivity index is 1.52. The molecule has 1 saturated heterocycles. The fraction of sp³-hybridized carbons (Fsp3) is 0.824. The molecule has 25 heavy (non-hydrogen) atoms. The van der Waals surface area contributed by atoms with Crippen molar-refractivity contribution in [2.24, 2.45) is 0 Å². The summed E-state index contributed by atoms with van der Waals surface area (Å²) in [6.07, 6.45) is 1.89. The molecule has 0 N–H and O–H groups in total. The van der Waals surface area contributed by atoms with E-state index in [2.05, 4.69) is 10.3 Å². The summed E-state index contributed by atoms with van der Waals surface area (Å²) >= 11 is 0. The largest absolute Gasteiger partial charge is 0.376 e. The van der Waals surface area contributed by atoms with Gasteiger partial charge in [-0.1, -0.05) is 5.21 Å². The number of likely N-dealkylation sites (tertiary alicyclic amines) is 1. The Kier molecular flexibility index (Phi) is 5.71. The molecule has 1 spiro atoms. The smallest absolute Gasteiger partial charge is 0.219 e. The lowest BCUT2D eigenvalue weighted by Gasteiger charge is -2.43. The lowest BCUT2D eigenvalue weighted by Crippen LogP contribution is -2.51. The number of amides is 1. The highest BCUT2D eigenvalue weighted by Crippen LogP contribution is 2.33. The summed E-state index contributed by atoms with van der Waals surface area (Å²) < 4.78 is 19.2. The van der Waals surface area contributed by atoms with Crippen LogP contribution in [0.15, 0.2) is 0 Å². The number of nitrogens with zero attached hydrogens (tertiary/aromatic N) is 4. The van der Waals surface area contributed by atoms with Gasteiger partial charge in [0.15, 0.2) is 0 Å². The lowest BCUT2D eigenvalue weighted by molar-refractivity contribution is -0.144. The van der Waals surface area contributed by atoms with Gasteiger partial charge in [0, 0.05) is 20.0 Å². The van der Waals surface area contributed by atoms with Gasteiger partial charge in [0.25, 0.3) is 0 Å². The van der Waals surface area contributed by atoms with E-state index in [1.54, 1.807) is 6.92 Å². The van der Waals surface area contributed by atoms with Crippen LogP contribution < -0.4 is 0 Å². The Morgan fingerprint density at radius 2 is 2.08 bits per heavy atom. The zero-order valence-corrected chi connectivity index (χ0v) is 15.4. The van der Waals surface area contributed by atoms with E-state index in [1.807, 2.05) is 23.4 Å². The molecule has 1 aromatic heterocycles. The van der Waals surface area contributed by atoms with Crippen molar-refractivity contribution in [1.82, 2.24) is 19.9 Å². The number of rotatable bonds is 6. The molecule has 3 rings (SSSR count). The third-order valence-electron chi connectivity index (χ3n) is 4.91. The third kappa shape index (κ3) is 4.37. The number of hydrogen-bond acceptors (Lipinski definition) is 6. The Labute approximate surface area is 148 Å². The first kappa shape index (κ1) is 18.3. The third-order valence-corrected chi connectivity index (χ3v) is 4.91. The molecule has 0 aromatic carbocycles. The Bertz CT molecular complexity index is 593. The summed E-state index contributed by atoms with van der Waals surface area (Å²) in [5.41, 5.74) is 1.60. The minimum Gasteiger partial charge on any atom is -0.376 e. The first-order chi connectivity index (χ1) is 12.0. The van der Waals surface area contributed by atoms with Crippen LogP contribution in [-0.2, 0) is 38.8 Å². The number of hydrogen-bond donors (Lipinski definition) is 0. The summed E-state index contributed by atoms with van der Waals surface area (Å²) in [7, 11) is 0. The molecule has 8 nitrogen and oxygen atoms in total. The van der Waals surface area contributed by atoms with E-state index in [0.29, 0.717) is 33.0 Å². The van der Waals surface area contributed by atoms with E-state index in [4.69, 9.17) is 14.2 Å². The van der Waals surface area contributed by atoms with Crippen LogP contribution in [0.1, 0.15) is 45.0 Å². The second-order valence-electron chi connectivity index (χ2n) is 7.09. The lowest BCUT2D eigenvalue weighted by atomic mass is 9.90. The summed E-state index contributed by atoms with van der Waals surface area (Å²) in [4.78, 5) is 13.4. The molecule has 0 bridgehead atoms. The van der Waals surface area contributed by atoms with Gasteiger partial charge in [-0.25, -0.2) is 4.68 Å². The van der Waals surface area contributed by atoms with Crippen molar-refractivity contribution in [3.8, 4) is 0 Å². The molecule has 2 aliphatic heterocycles. The predicted octanol–water partition coefficient (Wildman–Crippen LogP) is 1.13. The highest BCUT2D eigenvalue weighted by atomic mass is 16.5. The molecule has 0 aliphatic carbocycles. The number of piperidine rings is 1. The van der Waals surface area contributed by atoms with E-state index in [1.165, 1.54) is 0 Å². The number of fused-ring (bicyclic) bond motifs is 1. The quantitative estimate of drug-likeness (QED) is 0.714. The van der Waals surface area contributed by atoms with E-state index in [-0.39, 0.29) is 17.6 Å². The minimum absolute atomic E-state index is 0.132. The van der Waals surface area contributed by atoms with Crippen molar-refractivity contribution >= 4 is 5.91 Å². The SMILES string of the molecule is CC(=O)N1CCC2(CC1)Cn1nnc(COCCOC(C)C)c1CO2. The van der Waals surface area contributed by atoms with Crippen LogP contribution >= 0.6 is 0 Å². The van der Waals surface area contributed by atoms with Gasteiger partial charge in [0.2, 0.25) is 5.91 Å². The maximum absolute atomic E-state index is 11.5. The average molecular weight is 352 g/mol. The highest BCUT2D eigenvalue weighted by molar-refractivity contribution is 5.73. The number of carbonyl (C=O) groups is 1. The molecule has 1 aromatic rings. The molecular weight excluding hydrogens is 324 g/mol. The molecule has 140 valence electrons. The van der Waals surface area contributed by atoms with Crippen LogP contribution in [0.25, 0.3) is 0 Å². The topological polar surface area (TPSA) is 78.7 Å². The van der Waals surface area contributed by atoms with Crippen LogP contribution in [0.2, 0.25) is 0 Å². The number of ether oxygens (including phenoxy) is 3. The van der Waals surface area contributed by atoms with Gasteiger partial charge in [0.1, 0.15) is 5.69 Å². The Hall–Kier alpha value is -1.51. The first-order valence-corrected chi connectivity index (χ1v) is 8.99. The van der Waals surface area contributed by atoms with Gasteiger partial charge in [-0.2, -0.15) is 0 Å². The van der Waals surface area contributed by atoms with Crippen molar-refractivity contribution in [2.45, 2.75) is 65.1 Å². The molecule has 0 atom stereocenters. The molecule has 0 radical (unpaired) electrons. The van der Waals surface area contributed by atoms with Gasteiger partial charge >= 0.3 is 0 Å². The van der Waals surface area contributed by atoms with E-state index in [0.717, 1.165) is 37.3 Å². The zero-order valence-electron chi connectivity index (χ0n) is 15.4. The number of aromatic nitrogens is 3. The number of carbonyl (C=O) groups excluding carboxylic acids is 1. The zero-order chi connectivity index (χ0) is 17.9. The van der Waals surface area contributed by atoms with Crippen molar-refractivity contribution in [1.29, 1.82) is 0 Å². The van der Waals surface area contributed by atoms with Crippen LogP contribution in [0, 0.1) is 0 Å². The molecule has 1 fully saturated rings. The first-order valence-electron chi connectivity index (χ1n) is 8.99. The molecule has 3 heterocycles. The van der Waals surface area contributed by atoms with Crippen molar-refractivity contribution < 1.29 is 19.0 Å². The second kappa shape index (κ2) is 7.80. The Morgan fingerprint density at radius 3 is 2.76 bits per heavy atom. The minimum atomic E-state index is -0.226. The van der Waals surface area contributed by atoms with E-state index < -0.39 is 0 Å². The fourth-order valence-electron chi connectivity index (χ4n) is 3.35. The molecule has 1 amide bonds. The van der Waals surface area contributed by atoms with Crippen LogP contribution in [0.4, 0.5) is 0 Å². The monoisotopic (exact) mass is 352 g/mol. The van der Waals surface area contributed by atoms with E-state index in [9.17, 15) is 4.79 Å². The van der Waals surface area contributed by atoms with Gasteiger partial charge in [-0.3, -0.25) is 4.79 Å². The van der Waals surface area contributed by atoms with Crippen LogP contribution in [-0.4, -0.2) is 63.8 Å². The molecule has 2 aliphatic rings. The maximum atomic E-state index is 11.5. The summed E-state index contributed by atoms with van der Waals surface area (Å²) in [6.45, 7) is 9.83. The van der Waals surface area contributed by atoms with Gasteiger partial charge in [-0.05, 0) is 26.7 Å². The Morgan fingerprint density at radius 1 is 1.32 bits per heavy atom. The second-order valence-corrected chi connectivity index (χ2v) is 7.09. The fourth-order valence-corrected chi connectivity index (χ4v) is 3.35. The average Bonchev–Trinajstić information content (AvgIpc) is 2.96. The predicted molar refractivity (Wildman–Crippen MR) is 89.8 cm³/mol. The van der Waals surface area contributed by atoms with Gasteiger partial charge in [0.05, 0.1) is 50.4 Å². The molecule has 0 unspecified atom stereocenters. The van der Waals surface area contributed by atoms with Crippen molar-refractivity contribution in [3.63, 3.8) is 0 Å². The van der Waals surface area contributed by atoms with Crippen LogP contribution in [0.5, 0.6) is 0 Å². The molecule has 0 saturated carbocycles. The highest BCUT2D eigenvalue weighted by Gasteiger charge is 2.40. The normalized spacial score (nSPS) is 19.4. The standard InChI is InChI=1S/C17H28N4O4/c1-13(2)24-9-8-23-10-15-16-11-25-17(12-21(16)19-18-15)4-6-20(7-5-17)14(3)22/h13H,4-12H2,1-3H3. The molecule has 8 heteroatoms. The molecular formula is C17H28N4O4. The van der Waals surface area contributed by atoms with Gasteiger partial charge in [-0.15, -0.1) is 5.10 Å². The van der Waals surface area contributed by atoms with Gasteiger partial charge < -0.3 is 19.1 Å². The summed E-state index contributed by atoms with van der Waals surface area (Å²) in [5.74, 6) is 0.132. The van der Waals surface area contributed by atoms with E-state index >= 15 is 0 Å². The summed E-state index contributed by atoms with van der Waals surface area (Å²) in [6, 6.07) is 0. The van der Waals surface area contributed by atoms with Crippen molar-refractivity contribution in [3.05, 3.63) is 11.4 Å². The summed E-state index contributed by atoms with van der Waals surface area (Å²) in [5, 5.41) is 8.54. The van der Waals surface area contributed by atoms with Crippen LogP contribution in [0.3, 0.4) is 0 Å².